The predicted octanol–water partition coefficient (Wildman–Crippen LogP) is 3.12. The molecule has 2 rings (SSSR count). The monoisotopic (exact) mass is 227 g/mol. The van der Waals surface area contributed by atoms with Crippen molar-refractivity contribution >= 4 is 10.8 Å². The highest BCUT2D eigenvalue weighted by Crippen LogP contribution is 2.28. The van der Waals surface area contributed by atoms with Crippen molar-refractivity contribution in [2.45, 2.75) is 6.54 Å². The minimum Gasteiger partial charge on any atom is -0.496 e. The highest BCUT2D eigenvalue weighted by Gasteiger charge is 2.04. The number of benzene rings is 2. The summed E-state index contributed by atoms with van der Waals surface area (Å²) in [6, 6.07) is 12.4. The Morgan fingerprint density at radius 2 is 1.94 bits per heavy atom. The van der Waals surface area contributed by atoms with Crippen LogP contribution in [-0.2, 0) is 6.54 Å². The van der Waals surface area contributed by atoms with Gasteiger partial charge in [0.05, 0.1) is 7.11 Å². The van der Waals surface area contributed by atoms with Crippen LogP contribution in [0.4, 0.5) is 0 Å². The molecule has 0 amide bonds. The molecular formula is C15H17NO. The van der Waals surface area contributed by atoms with E-state index in [9.17, 15) is 0 Å². The van der Waals surface area contributed by atoms with Crippen molar-refractivity contribution < 1.29 is 4.74 Å². The summed E-state index contributed by atoms with van der Waals surface area (Å²) < 4.78 is 5.37. The highest BCUT2D eigenvalue weighted by atomic mass is 16.5. The van der Waals surface area contributed by atoms with Crippen LogP contribution in [0.5, 0.6) is 5.75 Å². The Hall–Kier alpha value is -1.80. The molecule has 2 aromatic carbocycles. The minimum absolute atomic E-state index is 0.820. The van der Waals surface area contributed by atoms with Gasteiger partial charge in [0.2, 0.25) is 0 Å². The van der Waals surface area contributed by atoms with E-state index in [2.05, 4.69) is 36.2 Å². The van der Waals surface area contributed by atoms with Gasteiger partial charge in [0.25, 0.3) is 0 Å². The molecule has 1 N–H and O–H groups in total. The fourth-order valence-electron chi connectivity index (χ4n) is 1.97. The van der Waals surface area contributed by atoms with Gasteiger partial charge < -0.3 is 10.1 Å². The summed E-state index contributed by atoms with van der Waals surface area (Å²) >= 11 is 0. The van der Waals surface area contributed by atoms with Crippen molar-refractivity contribution in [1.82, 2.24) is 5.32 Å². The summed E-state index contributed by atoms with van der Waals surface area (Å²) in [5, 5.41) is 5.72. The van der Waals surface area contributed by atoms with E-state index >= 15 is 0 Å². The second-order valence-electron chi connectivity index (χ2n) is 3.89. The Labute approximate surface area is 102 Å². The normalized spacial score (nSPS) is 10.4. The molecule has 0 saturated carbocycles. The van der Waals surface area contributed by atoms with Crippen LogP contribution >= 0.6 is 0 Å². The van der Waals surface area contributed by atoms with Gasteiger partial charge in [-0.3, -0.25) is 0 Å². The number of nitrogens with one attached hydrogen (secondary N) is 1. The van der Waals surface area contributed by atoms with E-state index in [1.807, 2.05) is 18.2 Å². The van der Waals surface area contributed by atoms with Crippen molar-refractivity contribution in [1.29, 1.82) is 0 Å². The van der Waals surface area contributed by atoms with E-state index < -0.39 is 0 Å². The third kappa shape index (κ3) is 2.48. The highest BCUT2D eigenvalue weighted by molar-refractivity contribution is 5.91. The number of fused-ring (bicyclic) bond motifs is 1. The Kier molecular flexibility index (Phi) is 3.78. The Morgan fingerprint density at radius 3 is 2.65 bits per heavy atom. The van der Waals surface area contributed by atoms with E-state index in [4.69, 9.17) is 4.74 Å². The van der Waals surface area contributed by atoms with Crippen LogP contribution in [0.25, 0.3) is 10.8 Å². The maximum absolute atomic E-state index is 5.37. The van der Waals surface area contributed by atoms with Crippen molar-refractivity contribution in [3.63, 3.8) is 0 Å². The lowest BCUT2D eigenvalue weighted by atomic mass is 10.0. The van der Waals surface area contributed by atoms with Gasteiger partial charge in [-0.25, -0.2) is 0 Å². The first-order valence-corrected chi connectivity index (χ1v) is 5.73. The summed E-state index contributed by atoms with van der Waals surface area (Å²) in [5.41, 5.74) is 1.28. The largest absolute Gasteiger partial charge is 0.496 e. The topological polar surface area (TPSA) is 21.3 Å². The van der Waals surface area contributed by atoms with Crippen molar-refractivity contribution in [3.8, 4) is 5.75 Å². The lowest BCUT2D eigenvalue weighted by Crippen LogP contribution is -2.12. The number of ether oxygens (including phenoxy) is 1. The zero-order chi connectivity index (χ0) is 12.1. The summed E-state index contributed by atoms with van der Waals surface area (Å²) in [5.74, 6) is 0.924. The molecule has 2 aromatic rings. The van der Waals surface area contributed by atoms with Crippen molar-refractivity contribution in [2.75, 3.05) is 13.7 Å². The summed E-state index contributed by atoms with van der Waals surface area (Å²) in [6.45, 7) is 5.36. The van der Waals surface area contributed by atoms with E-state index in [1.165, 1.54) is 10.9 Å². The number of hydrogen-bond acceptors (Lipinski definition) is 2. The maximum atomic E-state index is 5.37. The molecule has 0 fully saturated rings. The average molecular weight is 227 g/mol. The standard InChI is InChI=1S/C15H17NO/c1-3-10-16-11-12-8-9-15(17-2)14-7-5-4-6-13(12)14/h3-9,16H,1,10-11H2,2H3. The van der Waals surface area contributed by atoms with Gasteiger partial charge in [-0.05, 0) is 17.0 Å². The molecule has 0 saturated heterocycles. The summed E-state index contributed by atoms with van der Waals surface area (Å²) in [6.07, 6.45) is 1.87. The fraction of sp³-hybridized carbons (Fsp3) is 0.200. The van der Waals surface area contributed by atoms with Gasteiger partial charge >= 0.3 is 0 Å². The molecule has 0 aliphatic carbocycles. The van der Waals surface area contributed by atoms with Gasteiger partial charge in [-0.1, -0.05) is 36.4 Å². The second kappa shape index (κ2) is 5.51. The molecule has 0 radical (unpaired) electrons. The lowest BCUT2D eigenvalue weighted by Gasteiger charge is -2.10. The predicted molar refractivity (Wildman–Crippen MR) is 72.4 cm³/mol. The molecule has 0 unspecified atom stereocenters. The second-order valence-corrected chi connectivity index (χ2v) is 3.89. The Balaban J connectivity index is 2.40. The van der Waals surface area contributed by atoms with Gasteiger partial charge in [-0.15, -0.1) is 6.58 Å². The smallest absolute Gasteiger partial charge is 0.126 e. The fourth-order valence-corrected chi connectivity index (χ4v) is 1.97. The molecule has 0 spiro atoms. The van der Waals surface area contributed by atoms with Crippen LogP contribution in [0.2, 0.25) is 0 Å². The molecule has 0 heterocycles. The first-order valence-electron chi connectivity index (χ1n) is 5.73. The van der Waals surface area contributed by atoms with Crippen LogP contribution in [-0.4, -0.2) is 13.7 Å². The molecule has 88 valence electrons. The van der Waals surface area contributed by atoms with E-state index in [-0.39, 0.29) is 0 Å². The minimum atomic E-state index is 0.820. The zero-order valence-corrected chi connectivity index (χ0v) is 10.1. The van der Waals surface area contributed by atoms with Gasteiger partial charge in [0, 0.05) is 18.5 Å². The van der Waals surface area contributed by atoms with Gasteiger partial charge in [-0.2, -0.15) is 0 Å². The van der Waals surface area contributed by atoms with Crippen molar-refractivity contribution in [2.24, 2.45) is 0 Å². The van der Waals surface area contributed by atoms with Gasteiger partial charge in [0.1, 0.15) is 5.75 Å². The van der Waals surface area contributed by atoms with E-state index in [0.717, 1.165) is 24.2 Å². The first-order chi connectivity index (χ1) is 8.36. The molecule has 0 aliphatic rings. The van der Waals surface area contributed by atoms with E-state index in [0.29, 0.717) is 0 Å². The SMILES string of the molecule is C=CCNCc1ccc(OC)c2ccccc12. The molecule has 0 aliphatic heterocycles. The lowest BCUT2D eigenvalue weighted by molar-refractivity contribution is 0.419. The third-order valence-electron chi connectivity index (χ3n) is 2.80. The molecule has 2 nitrogen and oxygen atoms in total. The van der Waals surface area contributed by atoms with Crippen LogP contribution in [0.1, 0.15) is 5.56 Å². The summed E-state index contributed by atoms with van der Waals surface area (Å²) in [4.78, 5) is 0. The van der Waals surface area contributed by atoms with E-state index in [1.54, 1.807) is 7.11 Å². The Morgan fingerprint density at radius 1 is 1.18 bits per heavy atom. The number of rotatable bonds is 5. The molecule has 0 aromatic heterocycles. The van der Waals surface area contributed by atoms with Gasteiger partial charge in [0.15, 0.2) is 0 Å². The average Bonchev–Trinajstić information content (AvgIpc) is 2.39. The van der Waals surface area contributed by atoms with Crippen LogP contribution in [0.3, 0.4) is 0 Å². The summed E-state index contributed by atoms with van der Waals surface area (Å²) in [7, 11) is 1.71. The number of methoxy groups -OCH3 is 1. The van der Waals surface area contributed by atoms with Crippen LogP contribution in [0, 0.1) is 0 Å². The molecule has 0 bridgehead atoms. The van der Waals surface area contributed by atoms with Crippen molar-refractivity contribution in [3.05, 3.63) is 54.6 Å². The molecule has 17 heavy (non-hydrogen) atoms. The molecule has 2 heteroatoms. The molecular weight excluding hydrogens is 210 g/mol. The van der Waals surface area contributed by atoms with Crippen LogP contribution in [0.15, 0.2) is 49.1 Å². The Bertz CT molecular complexity index is 519. The maximum Gasteiger partial charge on any atom is 0.126 e. The zero-order valence-electron chi connectivity index (χ0n) is 10.1. The molecule has 0 atom stereocenters. The first kappa shape index (κ1) is 11.7. The quantitative estimate of drug-likeness (QED) is 0.626. The number of hydrogen-bond donors (Lipinski definition) is 1. The van der Waals surface area contributed by atoms with Crippen LogP contribution < -0.4 is 10.1 Å². The third-order valence-corrected chi connectivity index (χ3v) is 2.80.